The van der Waals surface area contributed by atoms with Gasteiger partial charge >= 0.3 is 11.9 Å². The van der Waals surface area contributed by atoms with Crippen LogP contribution in [0.5, 0.6) is 0 Å². The van der Waals surface area contributed by atoms with Gasteiger partial charge in [-0.15, -0.1) is 0 Å². The van der Waals surface area contributed by atoms with E-state index in [9.17, 15) is 23.5 Å². The van der Waals surface area contributed by atoms with E-state index in [2.05, 4.69) is 12.1 Å². The van der Waals surface area contributed by atoms with Crippen LogP contribution in [0.1, 0.15) is 83.1 Å². The van der Waals surface area contributed by atoms with Crippen molar-refractivity contribution in [1.82, 2.24) is 4.90 Å². The maximum absolute atomic E-state index is 14.1. The van der Waals surface area contributed by atoms with Gasteiger partial charge in [-0.1, -0.05) is 56.5 Å². The highest BCUT2D eigenvalue weighted by Crippen LogP contribution is 2.36. The Labute approximate surface area is 196 Å². The van der Waals surface area contributed by atoms with Crippen LogP contribution in [0.2, 0.25) is 0 Å². The van der Waals surface area contributed by atoms with Gasteiger partial charge in [0, 0.05) is 25.4 Å². The van der Waals surface area contributed by atoms with Crippen molar-refractivity contribution in [3.05, 3.63) is 35.9 Å². The Hall–Kier alpha value is -2.02. The Kier molecular flexibility index (Phi) is 11.2. The summed E-state index contributed by atoms with van der Waals surface area (Å²) in [6.07, 6.45) is 6.31. The lowest BCUT2D eigenvalue weighted by molar-refractivity contribution is -0.148. The molecule has 0 unspecified atom stereocenters. The molecule has 3 atom stereocenters. The SMILES string of the molecule is C[C@H](CCCCc1ccccc1)[C@H](O)CC[C@H]1CC(F)(F)C(=O)N1CCCCCCC(=O)O. The van der Waals surface area contributed by atoms with Crippen LogP contribution < -0.4 is 0 Å². The quantitative estimate of drug-likeness (QED) is 0.317. The third-order valence-corrected chi connectivity index (χ3v) is 6.72. The number of nitrogens with zero attached hydrogens (tertiary/aromatic N) is 1. The van der Waals surface area contributed by atoms with Gasteiger partial charge < -0.3 is 15.1 Å². The van der Waals surface area contributed by atoms with Gasteiger partial charge in [-0.25, -0.2) is 0 Å². The van der Waals surface area contributed by atoms with Gasteiger partial charge in [-0.2, -0.15) is 8.78 Å². The Bertz CT molecular complexity index is 728. The molecule has 0 saturated carbocycles. The molecule has 2 rings (SSSR count). The number of carbonyl (C=O) groups excluding carboxylic acids is 1. The lowest BCUT2D eigenvalue weighted by Crippen LogP contribution is -2.37. The van der Waals surface area contributed by atoms with Crippen molar-refractivity contribution in [1.29, 1.82) is 0 Å². The van der Waals surface area contributed by atoms with Crippen LogP contribution in [0.4, 0.5) is 8.78 Å². The maximum atomic E-state index is 14.1. The van der Waals surface area contributed by atoms with Crippen LogP contribution in [0, 0.1) is 5.92 Å². The van der Waals surface area contributed by atoms with Gasteiger partial charge in [0.2, 0.25) is 0 Å². The molecule has 2 N–H and O–H groups in total. The number of aliphatic hydroxyl groups is 1. The zero-order valence-electron chi connectivity index (χ0n) is 19.7. The smallest absolute Gasteiger partial charge is 0.326 e. The number of benzene rings is 1. The van der Waals surface area contributed by atoms with Crippen molar-refractivity contribution < 1.29 is 28.6 Å². The second-order valence-electron chi connectivity index (χ2n) is 9.47. The van der Waals surface area contributed by atoms with Crippen LogP contribution in [0.15, 0.2) is 30.3 Å². The van der Waals surface area contributed by atoms with Crippen LogP contribution in [-0.4, -0.2) is 51.6 Å². The zero-order chi connectivity index (χ0) is 24.3. The average Bonchev–Trinajstić information content (AvgIpc) is 3.00. The van der Waals surface area contributed by atoms with Crippen LogP contribution in [0.25, 0.3) is 0 Å². The molecular weight excluding hydrogens is 428 g/mol. The van der Waals surface area contributed by atoms with E-state index in [1.165, 1.54) is 10.5 Å². The lowest BCUT2D eigenvalue weighted by Gasteiger charge is -2.26. The van der Waals surface area contributed by atoms with Gasteiger partial charge in [0.05, 0.1) is 6.10 Å². The highest BCUT2D eigenvalue weighted by atomic mass is 19.3. The van der Waals surface area contributed by atoms with E-state index in [0.29, 0.717) is 38.5 Å². The number of hydrogen-bond donors (Lipinski definition) is 2. The van der Waals surface area contributed by atoms with Crippen LogP contribution >= 0.6 is 0 Å². The molecule has 0 radical (unpaired) electrons. The molecule has 186 valence electrons. The summed E-state index contributed by atoms with van der Waals surface area (Å²) in [6, 6.07) is 9.73. The predicted octanol–water partition coefficient (Wildman–Crippen LogP) is 5.45. The van der Waals surface area contributed by atoms with Gasteiger partial charge in [-0.3, -0.25) is 9.59 Å². The number of likely N-dealkylation sites (tertiary alicyclic amines) is 1. The first kappa shape index (κ1) is 27.2. The molecule has 0 aromatic heterocycles. The normalized spacial score (nSPS) is 19.6. The number of aliphatic carboxylic acids is 1. The molecule has 5 nitrogen and oxygen atoms in total. The molecule has 1 aromatic carbocycles. The topological polar surface area (TPSA) is 77.8 Å². The van der Waals surface area contributed by atoms with Gasteiger partial charge in [0.25, 0.3) is 5.91 Å². The predicted molar refractivity (Wildman–Crippen MR) is 124 cm³/mol. The summed E-state index contributed by atoms with van der Waals surface area (Å²) >= 11 is 0. The molecule has 1 saturated heterocycles. The summed E-state index contributed by atoms with van der Waals surface area (Å²) < 4.78 is 28.1. The summed E-state index contributed by atoms with van der Waals surface area (Å²) in [7, 11) is 0. The third-order valence-electron chi connectivity index (χ3n) is 6.72. The van der Waals surface area contributed by atoms with Crippen molar-refractivity contribution in [3.8, 4) is 0 Å². The first-order valence-corrected chi connectivity index (χ1v) is 12.3. The Morgan fingerprint density at radius 1 is 1.09 bits per heavy atom. The number of rotatable bonds is 16. The molecule has 0 aliphatic carbocycles. The molecule has 1 aliphatic heterocycles. The minimum absolute atomic E-state index is 0.0843. The largest absolute Gasteiger partial charge is 0.481 e. The van der Waals surface area contributed by atoms with Crippen LogP contribution in [0.3, 0.4) is 0 Å². The number of unbranched alkanes of at least 4 members (excludes halogenated alkanes) is 4. The van der Waals surface area contributed by atoms with E-state index >= 15 is 0 Å². The molecule has 1 heterocycles. The minimum Gasteiger partial charge on any atom is -0.481 e. The number of hydrogen-bond acceptors (Lipinski definition) is 3. The van der Waals surface area contributed by atoms with E-state index in [0.717, 1.165) is 25.7 Å². The van der Waals surface area contributed by atoms with E-state index in [4.69, 9.17) is 5.11 Å². The summed E-state index contributed by atoms with van der Waals surface area (Å²) in [5, 5.41) is 19.2. The molecule has 1 aliphatic rings. The van der Waals surface area contributed by atoms with Gasteiger partial charge in [-0.05, 0) is 56.4 Å². The van der Waals surface area contributed by atoms with Gasteiger partial charge in [0.1, 0.15) is 0 Å². The van der Waals surface area contributed by atoms with Gasteiger partial charge in [0.15, 0.2) is 0 Å². The Morgan fingerprint density at radius 3 is 2.48 bits per heavy atom. The zero-order valence-corrected chi connectivity index (χ0v) is 19.7. The first-order valence-electron chi connectivity index (χ1n) is 12.3. The highest BCUT2D eigenvalue weighted by molar-refractivity contribution is 5.86. The van der Waals surface area contributed by atoms with Crippen LogP contribution in [-0.2, 0) is 16.0 Å². The Morgan fingerprint density at radius 2 is 1.79 bits per heavy atom. The van der Waals surface area contributed by atoms with Crippen molar-refractivity contribution in [2.24, 2.45) is 5.92 Å². The fourth-order valence-corrected chi connectivity index (χ4v) is 4.60. The molecule has 0 bridgehead atoms. The number of aryl methyl sites for hydroxylation is 1. The Balaban J connectivity index is 1.70. The number of amides is 1. The molecule has 1 amide bonds. The monoisotopic (exact) mass is 467 g/mol. The number of carboxylic acid groups (broad SMARTS) is 1. The average molecular weight is 468 g/mol. The number of carboxylic acids is 1. The second kappa shape index (κ2) is 13.6. The first-order chi connectivity index (χ1) is 15.7. The fourth-order valence-electron chi connectivity index (χ4n) is 4.60. The van der Waals surface area contributed by atoms with Crippen molar-refractivity contribution in [2.75, 3.05) is 6.54 Å². The van der Waals surface area contributed by atoms with E-state index in [-0.39, 0.29) is 18.9 Å². The van der Waals surface area contributed by atoms with E-state index in [1.54, 1.807) is 0 Å². The summed E-state index contributed by atoms with van der Waals surface area (Å²) in [5.74, 6) is -5.20. The summed E-state index contributed by atoms with van der Waals surface area (Å²) in [5.41, 5.74) is 1.31. The molecule has 33 heavy (non-hydrogen) atoms. The lowest BCUT2D eigenvalue weighted by atomic mass is 9.92. The van der Waals surface area contributed by atoms with E-state index in [1.807, 2.05) is 25.1 Å². The third kappa shape index (κ3) is 9.40. The summed E-state index contributed by atoms with van der Waals surface area (Å²) in [6.45, 7) is 2.26. The summed E-state index contributed by atoms with van der Waals surface area (Å²) in [4.78, 5) is 24.0. The molecule has 7 heteroatoms. The molecular formula is C26H39F2NO4. The second-order valence-corrected chi connectivity index (χ2v) is 9.47. The fraction of sp³-hybridized carbons (Fsp3) is 0.692. The number of alkyl halides is 2. The molecule has 1 fully saturated rings. The minimum atomic E-state index is -3.33. The van der Waals surface area contributed by atoms with E-state index < -0.39 is 36.4 Å². The number of carbonyl (C=O) groups is 2. The molecule has 1 aromatic rings. The molecule has 0 spiro atoms. The maximum Gasteiger partial charge on any atom is 0.326 e. The number of halogens is 2. The standard InChI is InChI=1S/C26H39F2NO4/c1-20(11-8-9-14-21-12-5-4-6-13-21)23(30)17-16-22-19-26(27,28)25(33)29(22)18-10-3-2-7-15-24(31)32/h4-6,12-13,20,22-23,30H,2-3,7-11,14-19H2,1H3,(H,31,32)/t20-,22+,23-/m1/s1. The van der Waals surface area contributed by atoms with Crippen molar-refractivity contribution in [2.45, 2.75) is 102 Å². The van der Waals surface area contributed by atoms with Crippen molar-refractivity contribution >= 4 is 11.9 Å². The highest BCUT2D eigenvalue weighted by Gasteiger charge is 2.52. The number of aliphatic hydroxyl groups excluding tert-OH is 1. The van der Waals surface area contributed by atoms with Crippen molar-refractivity contribution in [3.63, 3.8) is 0 Å².